The summed E-state index contributed by atoms with van der Waals surface area (Å²) >= 11 is 5.94. The molecule has 0 aliphatic heterocycles. The zero-order chi connectivity index (χ0) is 20.1. The third-order valence-corrected chi connectivity index (χ3v) is 4.15. The first-order valence-corrected chi connectivity index (χ1v) is 8.69. The van der Waals surface area contributed by atoms with Crippen molar-refractivity contribution in [2.24, 2.45) is 0 Å². The van der Waals surface area contributed by atoms with Gasteiger partial charge >= 0.3 is 5.97 Å². The number of ether oxygens (including phenoxy) is 1. The van der Waals surface area contributed by atoms with Crippen molar-refractivity contribution >= 4 is 40.7 Å². The number of rotatable bonds is 5. The molecule has 0 fully saturated rings. The number of methoxy groups -OCH3 is 1. The Labute approximate surface area is 166 Å². The van der Waals surface area contributed by atoms with Crippen LogP contribution in [0.4, 0.5) is 17.2 Å². The standard InChI is InChI=1S/C20H17ClN4O3/c1-12-9-14(21)5-8-16(12)25-19(26)17-10-18(23-11-22-17)24-15-6-3-13(4-7-15)20(27)28-2/h3-11H,1-2H3,(H,25,26)(H,22,23,24). The molecule has 142 valence electrons. The number of benzene rings is 2. The Morgan fingerprint density at radius 2 is 1.79 bits per heavy atom. The third kappa shape index (κ3) is 4.63. The average molecular weight is 397 g/mol. The van der Waals surface area contributed by atoms with Crippen LogP contribution >= 0.6 is 11.6 Å². The predicted molar refractivity (Wildman–Crippen MR) is 107 cm³/mol. The van der Waals surface area contributed by atoms with Crippen LogP contribution in [0.2, 0.25) is 5.02 Å². The van der Waals surface area contributed by atoms with Crippen LogP contribution in [0, 0.1) is 6.92 Å². The van der Waals surface area contributed by atoms with Gasteiger partial charge in [0.15, 0.2) is 0 Å². The molecule has 0 saturated heterocycles. The summed E-state index contributed by atoms with van der Waals surface area (Å²) in [5.74, 6) is -0.333. The topological polar surface area (TPSA) is 93.2 Å². The number of nitrogens with zero attached hydrogens (tertiary/aromatic N) is 2. The molecule has 2 aromatic carbocycles. The molecule has 0 saturated carbocycles. The van der Waals surface area contributed by atoms with Crippen molar-refractivity contribution in [1.29, 1.82) is 0 Å². The number of hydrogen-bond donors (Lipinski definition) is 2. The van der Waals surface area contributed by atoms with Crippen LogP contribution in [-0.2, 0) is 4.74 Å². The van der Waals surface area contributed by atoms with E-state index in [9.17, 15) is 9.59 Å². The molecule has 0 aliphatic carbocycles. The van der Waals surface area contributed by atoms with Crippen molar-refractivity contribution in [1.82, 2.24) is 9.97 Å². The summed E-state index contributed by atoms with van der Waals surface area (Å²) < 4.78 is 4.67. The van der Waals surface area contributed by atoms with Gasteiger partial charge in [0.1, 0.15) is 17.8 Å². The Morgan fingerprint density at radius 3 is 2.46 bits per heavy atom. The maximum Gasteiger partial charge on any atom is 0.337 e. The third-order valence-electron chi connectivity index (χ3n) is 3.91. The van der Waals surface area contributed by atoms with E-state index in [4.69, 9.17) is 11.6 Å². The van der Waals surface area contributed by atoms with E-state index < -0.39 is 5.97 Å². The number of nitrogens with one attached hydrogen (secondary N) is 2. The Bertz CT molecular complexity index is 1020. The molecular formula is C20H17ClN4O3. The first kappa shape index (κ1) is 19.3. The quantitative estimate of drug-likeness (QED) is 0.627. The summed E-state index contributed by atoms with van der Waals surface area (Å²) in [4.78, 5) is 32.1. The number of hydrogen-bond acceptors (Lipinski definition) is 6. The van der Waals surface area contributed by atoms with E-state index in [-0.39, 0.29) is 11.6 Å². The van der Waals surface area contributed by atoms with Crippen molar-refractivity contribution in [3.8, 4) is 0 Å². The van der Waals surface area contributed by atoms with Crippen LogP contribution in [0.25, 0.3) is 0 Å². The zero-order valence-electron chi connectivity index (χ0n) is 15.2. The number of aromatic nitrogens is 2. The molecule has 7 nitrogen and oxygen atoms in total. The van der Waals surface area contributed by atoms with Gasteiger partial charge in [0.05, 0.1) is 12.7 Å². The van der Waals surface area contributed by atoms with Crippen molar-refractivity contribution in [3.05, 3.63) is 76.7 Å². The van der Waals surface area contributed by atoms with Gasteiger partial charge in [-0.2, -0.15) is 0 Å². The van der Waals surface area contributed by atoms with Crippen molar-refractivity contribution in [3.63, 3.8) is 0 Å². The molecular weight excluding hydrogens is 380 g/mol. The van der Waals surface area contributed by atoms with E-state index in [1.54, 1.807) is 42.5 Å². The van der Waals surface area contributed by atoms with Gasteiger partial charge in [-0.3, -0.25) is 4.79 Å². The second-order valence-corrected chi connectivity index (χ2v) is 6.33. The van der Waals surface area contributed by atoms with E-state index >= 15 is 0 Å². The minimum Gasteiger partial charge on any atom is -0.465 e. The van der Waals surface area contributed by atoms with Crippen LogP contribution in [0.3, 0.4) is 0 Å². The van der Waals surface area contributed by atoms with Gasteiger partial charge < -0.3 is 15.4 Å². The number of aryl methyl sites for hydroxylation is 1. The largest absolute Gasteiger partial charge is 0.465 e. The molecule has 3 aromatic rings. The van der Waals surface area contributed by atoms with Gasteiger partial charge in [0, 0.05) is 22.5 Å². The van der Waals surface area contributed by atoms with Crippen molar-refractivity contribution in [2.45, 2.75) is 6.92 Å². The monoisotopic (exact) mass is 396 g/mol. The minimum atomic E-state index is -0.412. The molecule has 0 atom stereocenters. The van der Waals surface area contributed by atoms with Gasteiger partial charge in [-0.1, -0.05) is 11.6 Å². The maximum absolute atomic E-state index is 12.5. The second-order valence-electron chi connectivity index (χ2n) is 5.90. The molecule has 2 N–H and O–H groups in total. The molecule has 0 bridgehead atoms. The van der Waals surface area contributed by atoms with Crippen LogP contribution in [0.5, 0.6) is 0 Å². The fraction of sp³-hybridized carbons (Fsp3) is 0.100. The van der Waals surface area contributed by atoms with E-state index in [2.05, 4.69) is 25.3 Å². The van der Waals surface area contributed by atoms with Gasteiger partial charge in [0.25, 0.3) is 5.91 Å². The number of amides is 1. The average Bonchev–Trinajstić information content (AvgIpc) is 2.70. The minimum absolute atomic E-state index is 0.207. The van der Waals surface area contributed by atoms with Gasteiger partial charge in [-0.25, -0.2) is 14.8 Å². The van der Waals surface area contributed by atoms with Crippen LogP contribution in [0.1, 0.15) is 26.4 Å². The number of esters is 1. The molecule has 1 heterocycles. The maximum atomic E-state index is 12.5. The Morgan fingerprint density at radius 1 is 1.04 bits per heavy atom. The van der Waals surface area contributed by atoms with Gasteiger partial charge in [0.2, 0.25) is 0 Å². The van der Waals surface area contributed by atoms with Crippen LogP contribution in [-0.4, -0.2) is 29.0 Å². The molecule has 8 heteroatoms. The fourth-order valence-electron chi connectivity index (χ4n) is 2.46. The van der Waals surface area contributed by atoms with E-state index in [0.29, 0.717) is 27.8 Å². The summed E-state index contributed by atoms with van der Waals surface area (Å²) in [5.41, 5.74) is 2.85. The van der Waals surface area contributed by atoms with E-state index in [1.807, 2.05) is 6.92 Å². The lowest BCUT2D eigenvalue weighted by Crippen LogP contribution is -2.15. The SMILES string of the molecule is COC(=O)c1ccc(Nc2cc(C(=O)Nc3ccc(Cl)cc3C)ncn2)cc1. The molecule has 0 unspecified atom stereocenters. The Kier molecular flexibility index (Phi) is 5.86. The summed E-state index contributed by atoms with van der Waals surface area (Å²) in [6.45, 7) is 1.85. The molecule has 0 radical (unpaired) electrons. The Balaban J connectivity index is 1.72. The summed E-state index contributed by atoms with van der Waals surface area (Å²) in [5, 5.41) is 6.47. The van der Waals surface area contributed by atoms with E-state index in [1.165, 1.54) is 19.5 Å². The lowest BCUT2D eigenvalue weighted by molar-refractivity contribution is 0.0600. The molecule has 1 amide bonds. The summed E-state index contributed by atoms with van der Waals surface area (Å²) in [6.07, 6.45) is 1.30. The molecule has 0 spiro atoms. The van der Waals surface area contributed by atoms with E-state index in [0.717, 1.165) is 5.56 Å². The fourth-order valence-corrected chi connectivity index (χ4v) is 2.69. The predicted octanol–water partition coefficient (Wildman–Crippen LogP) is 4.22. The first-order valence-electron chi connectivity index (χ1n) is 8.31. The highest BCUT2D eigenvalue weighted by Gasteiger charge is 2.11. The lowest BCUT2D eigenvalue weighted by Gasteiger charge is -2.10. The highest BCUT2D eigenvalue weighted by Crippen LogP contribution is 2.21. The summed E-state index contributed by atoms with van der Waals surface area (Å²) in [6, 6.07) is 13.4. The number of carbonyl (C=O) groups is 2. The van der Waals surface area contributed by atoms with Gasteiger partial charge in [-0.05, 0) is 55.0 Å². The second kappa shape index (κ2) is 8.49. The van der Waals surface area contributed by atoms with Crippen molar-refractivity contribution < 1.29 is 14.3 Å². The highest BCUT2D eigenvalue weighted by molar-refractivity contribution is 6.30. The molecule has 3 rings (SSSR count). The summed E-state index contributed by atoms with van der Waals surface area (Å²) in [7, 11) is 1.33. The lowest BCUT2D eigenvalue weighted by atomic mass is 10.2. The number of carbonyl (C=O) groups excluding carboxylic acids is 2. The molecule has 1 aromatic heterocycles. The zero-order valence-corrected chi connectivity index (χ0v) is 15.9. The highest BCUT2D eigenvalue weighted by atomic mass is 35.5. The smallest absolute Gasteiger partial charge is 0.337 e. The van der Waals surface area contributed by atoms with Crippen LogP contribution < -0.4 is 10.6 Å². The number of anilines is 3. The number of halogens is 1. The Hall–Kier alpha value is -3.45. The van der Waals surface area contributed by atoms with Crippen molar-refractivity contribution in [2.75, 3.05) is 17.7 Å². The molecule has 28 heavy (non-hydrogen) atoms. The first-order chi connectivity index (χ1) is 13.5. The molecule has 0 aliphatic rings. The van der Waals surface area contributed by atoms with Gasteiger partial charge in [-0.15, -0.1) is 0 Å². The van der Waals surface area contributed by atoms with Crippen LogP contribution in [0.15, 0.2) is 54.9 Å². The normalized spacial score (nSPS) is 10.2.